The fraction of sp³-hybridized carbons (Fsp3) is 1.00. The number of hydrogen-bond acceptors (Lipinski definition) is 11. The van der Waals surface area contributed by atoms with E-state index in [2.05, 4.69) is 0 Å². The van der Waals surface area contributed by atoms with Crippen LogP contribution in [0.5, 0.6) is 0 Å². The Balaban J connectivity index is 2.27. The van der Waals surface area contributed by atoms with Gasteiger partial charge in [0.05, 0.1) is 12.7 Å². The maximum absolute atomic E-state index is 11.7. The molecule has 0 bridgehead atoms. The lowest BCUT2D eigenvalue weighted by molar-refractivity contribution is -0.335. The van der Waals surface area contributed by atoms with Gasteiger partial charge in [-0.1, -0.05) is 6.92 Å². The monoisotopic (exact) mass is 418 g/mol. The van der Waals surface area contributed by atoms with E-state index in [1.54, 1.807) is 0 Å². The van der Waals surface area contributed by atoms with Crippen LogP contribution in [0.25, 0.3) is 0 Å². The molecule has 12 nitrogen and oxygen atoms in total. The van der Waals surface area contributed by atoms with Crippen LogP contribution in [0.3, 0.4) is 0 Å². The minimum Gasteiger partial charge on any atom is -0.394 e. The molecule has 0 aromatic carbocycles. The van der Waals surface area contributed by atoms with Crippen LogP contribution in [0.4, 0.5) is 0 Å². The Kier molecular flexibility index (Phi) is 7.40. The van der Waals surface area contributed by atoms with Crippen LogP contribution in [0.15, 0.2) is 0 Å². The van der Waals surface area contributed by atoms with E-state index in [4.69, 9.17) is 14.0 Å². The predicted molar refractivity (Wildman–Crippen MR) is 86.4 cm³/mol. The van der Waals surface area contributed by atoms with Gasteiger partial charge in [0, 0.05) is 12.6 Å². The summed E-state index contributed by atoms with van der Waals surface area (Å²) in [4.78, 5) is 9.52. The van der Waals surface area contributed by atoms with Crippen molar-refractivity contribution in [2.24, 2.45) is 5.92 Å². The SMILES string of the molecule is CC1C(O)C(O)C(O)C(OC2OC(CO)C(O)C(O)C2O)C1OP(C)(=O)O. The maximum atomic E-state index is 11.7. The lowest BCUT2D eigenvalue weighted by atomic mass is 9.79. The molecule has 0 spiro atoms. The maximum Gasteiger partial charge on any atom is 0.325 e. The highest BCUT2D eigenvalue weighted by Gasteiger charge is 2.53. The van der Waals surface area contributed by atoms with Crippen molar-refractivity contribution in [2.45, 2.75) is 68.1 Å². The molecule has 1 aliphatic carbocycles. The molecule has 2 fully saturated rings. The van der Waals surface area contributed by atoms with Gasteiger partial charge in [0.15, 0.2) is 6.29 Å². The molecule has 1 aliphatic heterocycles. The third-order valence-electron chi connectivity index (χ3n) is 4.87. The molecule has 12 atom stereocenters. The fourth-order valence-corrected chi connectivity index (χ4v) is 4.03. The van der Waals surface area contributed by atoms with Crippen LogP contribution in [0, 0.1) is 5.92 Å². The first-order valence-electron chi connectivity index (χ1n) is 8.38. The van der Waals surface area contributed by atoms with Crippen LogP contribution in [-0.2, 0) is 18.6 Å². The van der Waals surface area contributed by atoms with Crippen LogP contribution in [0.2, 0.25) is 0 Å². The first-order chi connectivity index (χ1) is 12.4. The summed E-state index contributed by atoms with van der Waals surface area (Å²) in [5.74, 6) is -0.960. The summed E-state index contributed by atoms with van der Waals surface area (Å²) in [5, 5.41) is 69.2. The van der Waals surface area contributed by atoms with Gasteiger partial charge in [-0.15, -0.1) is 0 Å². The first kappa shape index (κ1) is 23.1. The first-order valence-corrected chi connectivity index (χ1v) is 10.4. The van der Waals surface area contributed by atoms with Crippen LogP contribution in [0.1, 0.15) is 6.92 Å². The molecule has 12 unspecified atom stereocenters. The molecule has 0 aromatic rings. The Hall–Kier alpha value is -0.210. The number of rotatable bonds is 5. The summed E-state index contributed by atoms with van der Waals surface area (Å²) < 4.78 is 27.3. The molecule has 1 saturated heterocycles. The Morgan fingerprint density at radius 2 is 1.44 bits per heavy atom. The van der Waals surface area contributed by atoms with Crippen LogP contribution < -0.4 is 0 Å². The fourth-order valence-electron chi connectivity index (χ4n) is 3.27. The van der Waals surface area contributed by atoms with Crippen LogP contribution >= 0.6 is 7.60 Å². The second-order valence-electron chi connectivity index (χ2n) is 7.00. The summed E-state index contributed by atoms with van der Waals surface area (Å²) in [6, 6.07) is 0. The van der Waals surface area contributed by atoms with E-state index in [0.717, 1.165) is 6.66 Å². The molecule has 2 aliphatic rings. The Morgan fingerprint density at radius 1 is 0.889 bits per heavy atom. The van der Waals surface area contributed by atoms with Gasteiger partial charge in [0.1, 0.15) is 48.8 Å². The lowest BCUT2D eigenvalue weighted by Gasteiger charge is -2.47. The normalized spacial score (nSPS) is 51.0. The molecule has 27 heavy (non-hydrogen) atoms. The highest BCUT2D eigenvalue weighted by atomic mass is 31.2. The molecule has 160 valence electrons. The second kappa shape index (κ2) is 8.66. The number of aliphatic hydroxyl groups excluding tert-OH is 7. The van der Waals surface area contributed by atoms with Crippen molar-refractivity contribution in [2.75, 3.05) is 13.3 Å². The minimum atomic E-state index is -4.11. The van der Waals surface area contributed by atoms with E-state index < -0.39 is 81.3 Å². The number of ether oxygens (including phenoxy) is 2. The van der Waals surface area contributed by atoms with E-state index in [9.17, 15) is 45.2 Å². The quantitative estimate of drug-likeness (QED) is 0.202. The zero-order chi connectivity index (χ0) is 20.7. The number of hydrogen-bond donors (Lipinski definition) is 8. The van der Waals surface area contributed by atoms with Gasteiger partial charge in [-0.05, 0) is 0 Å². The molecule has 8 N–H and O–H groups in total. The number of aliphatic hydroxyl groups is 7. The molecular weight excluding hydrogens is 391 g/mol. The van der Waals surface area contributed by atoms with Gasteiger partial charge in [0.25, 0.3) is 0 Å². The average molecular weight is 418 g/mol. The zero-order valence-corrected chi connectivity index (χ0v) is 15.6. The van der Waals surface area contributed by atoms with Gasteiger partial charge >= 0.3 is 7.60 Å². The van der Waals surface area contributed by atoms with Crippen LogP contribution in [-0.4, -0.2) is 115 Å². The minimum absolute atomic E-state index is 0.712. The molecule has 1 heterocycles. The standard InChI is InChI=1S/C14H27O12P/c1-4-6(16)8(18)10(20)13(12(4)26-27(2,22)23)25-14-11(21)9(19)7(17)5(3-15)24-14/h4-21H,3H2,1-2H3,(H,22,23). The van der Waals surface area contributed by atoms with Crippen molar-refractivity contribution in [1.29, 1.82) is 0 Å². The summed E-state index contributed by atoms with van der Waals surface area (Å²) in [5.41, 5.74) is 0. The Bertz CT molecular complexity index is 540. The van der Waals surface area contributed by atoms with E-state index in [-0.39, 0.29) is 0 Å². The predicted octanol–water partition coefficient (Wildman–Crippen LogP) is -3.90. The van der Waals surface area contributed by atoms with Crippen molar-refractivity contribution >= 4 is 7.60 Å². The van der Waals surface area contributed by atoms with Gasteiger partial charge in [-0.2, -0.15) is 0 Å². The Labute approximate surface area is 155 Å². The van der Waals surface area contributed by atoms with Crippen molar-refractivity contribution in [3.8, 4) is 0 Å². The van der Waals surface area contributed by atoms with Gasteiger partial charge in [-0.3, -0.25) is 4.57 Å². The molecule has 2 rings (SSSR count). The Morgan fingerprint density at radius 3 is 1.96 bits per heavy atom. The third-order valence-corrected chi connectivity index (χ3v) is 5.51. The summed E-state index contributed by atoms with van der Waals surface area (Å²) in [7, 11) is -4.11. The van der Waals surface area contributed by atoms with Gasteiger partial charge in [0.2, 0.25) is 0 Å². The van der Waals surface area contributed by atoms with Crippen molar-refractivity contribution < 1.29 is 59.2 Å². The second-order valence-corrected chi connectivity index (χ2v) is 8.82. The van der Waals surface area contributed by atoms with E-state index in [0.29, 0.717) is 0 Å². The smallest absolute Gasteiger partial charge is 0.325 e. The molecule has 13 heteroatoms. The zero-order valence-electron chi connectivity index (χ0n) is 14.7. The van der Waals surface area contributed by atoms with Crippen molar-refractivity contribution in [3.05, 3.63) is 0 Å². The molecule has 0 amide bonds. The molecule has 0 aromatic heterocycles. The average Bonchev–Trinajstić information content (AvgIpc) is 2.60. The largest absolute Gasteiger partial charge is 0.394 e. The van der Waals surface area contributed by atoms with Crippen molar-refractivity contribution in [1.82, 2.24) is 0 Å². The highest BCUT2D eigenvalue weighted by molar-refractivity contribution is 7.51. The summed E-state index contributed by atoms with van der Waals surface area (Å²) >= 11 is 0. The summed E-state index contributed by atoms with van der Waals surface area (Å²) in [6.07, 6.45) is -16.0. The molecular formula is C14H27O12P. The lowest BCUT2D eigenvalue weighted by Crippen LogP contribution is -2.65. The highest BCUT2D eigenvalue weighted by Crippen LogP contribution is 2.44. The molecule has 1 saturated carbocycles. The molecule has 0 radical (unpaired) electrons. The summed E-state index contributed by atoms with van der Waals surface area (Å²) in [6.45, 7) is 1.56. The topological polar surface area (TPSA) is 207 Å². The van der Waals surface area contributed by atoms with Gasteiger partial charge in [-0.25, -0.2) is 0 Å². The van der Waals surface area contributed by atoms with E-state index in [1.807, 2.05) is 0 Å². The van der Waals surface area contributed by atoms with Gasteiger partial charge < -0.3 is 54.6 Å². The van der Waals surface area contributed by atoms with E-state index >= 15 is 0 Å². The van der Waals surface area contributed by atoms with E-state index in [1.165, 1.54) is 6.92 Å². The third kappa shape index (κ3) is 4.86. The van der Waals surface area contributed by atoms with Crippen molar-refractivity contribution in [3.63, 3.8) is 0 Å².